The van der Waals surface area contributed by atoms with Crippen LogP contribution in [-0.4, -0.2) is 18.1 Å². The molecule has 0 aromatic heterocycles. The Morgan fingerprint density at radius 3 is 2.60 bits per heavy atom. The van der Waals surface area contributed by atoms with Gasteiger partial charge in [0.25, 0.3) is 0 Å². The monoisotopic (exact) mass is 174 g/mol. The van der Waals surface area contributed by atoms with E-state index in [0.29, 0.717) is 6.61 Å². The quantitative estimate of drug-likeness (QED) is 0.332. The number of carboxylic acid groups (broad SMARTS) is 1. The zero-order chi connectivity index (χ0) is 7.28. The number of aliphatic carboxylic acids is 1. The van der Waals surface area contributed by atoms with Crippen molar-refractivity contribution in [2.24, 2.45) is 0 Å². The Bertz CT molecular complexity index is 98.9. The minimum Gasteiger partial charge on any atom is -0.546 e. The molecule has 0 saturated heterocycles. The van der Waals surface area contributed by atoms with Gasteiger partial charge in [0.05, 0.1) is 5.97 Å². The number of carboxylic acids is 1. The van der Waals surface area contributed by atoms with Gasteiger partial charge in [-0.3, -0.25) is 0 Å². The van der Waals surface area contributed by atoms with Gasteiger partial charge >= 0.3 is 29.6 Å². The molecule has 10 heavy (non-hydrogen) atoms. The molecule has 1 atom stereocenters. The fourth-order valence-electron chi connectivity index (χ4n) is 0.289. The maximum Gasteiger partial charge on any atom is 1.00 e. The average Bonchev–Trinajstić information content (AvgIpc) is 1.82. The predicted molar refractivity (Wildman–Crippen MR) is 30.9 cm³/mol. The summed E-state index contributed by atoms with van der Waals surface area (Å²) in [5.74, 6) is -1.38. The molecule has 0 amide bonds. The molecule has 0 spiro atoms. The Labute approximate surface area is 87.0 Å². The van der Waals surface area contributed by atoms with Crippen molar-refractivity contribution in [1.82, 2.24) is 0 Å². The molecule has 54 valence electrons. The first kappa shape index (κ1) is 13.3. The SMILES string of the molecule is CCCOC(Cl)C(=O)[O-].[Na+]. The van der Waals surface area contributed by atoms with Gasteiger partial charge in [0, 0.05) is 6.61 Å². The number of carbonyl (C=O) groups excluding carboxylic acids is 1. The molecule has 0 rings (SSSR count). The topological polar surface area (TPSA) is 49.4 Å². The van der Waals surface area contributed by atoms with E-state index < -0.39 is 11.5 Å². The summed E-state index contributed by atoms with van der Waals surface area (Å²) in [6.07, 6.45) is 0.747. The van der Waals surface area contributed by atoms with E-state index in [9.17, 15) is 9.90 Å². The Kier molecular flexibility index (Phi) is 10.4. The van der Waals surface area contributed by atoms with Crippen molar-refractivity contribution in [3.05, 3.63) is 0 Å². The molecule has 0 saturated carbocycles. The molecule has 0 radical (unpaired) electrons. The summed E-state index contributed by atoms with van der Waals surface area (Å²) in [7, 11) is 0. The molecule has 0 heterocycles. The second kappa shape index (κ2) is 7.82. The fraction of sp³-hybridized carbons (Fsp3) is 0.800. The first-order valence-corrected chi connectivity index (χ1v) is 3.08. The van der Waals surface area contributed by atoms with E-state index >= 15 is 0 Å². The van der Waals surface area contributed by atoms with E-state index in [0.717, 1.165) is 6.42 Å². The van der Waals surface area contributed by atoms with Crippen LogP contribution in [0.3, 0.4) is 0 Å². The van der Waals surface area contributed by atoms with E-state index in [1.54, 1.807) is 0 Å². The van der Waals surface area contributed by atoms with Gasteiger partial charge in [0.15, 0.2) is 5.56 Å². The summed E-state index contributed by atoms with van der Waals surface area (Å²) in [5.41, 5.74) is -1.30. The zero-order valence-electron chi connectivity index (χ0n) is 6.09. The van der Waals surface area contributed by atoms with Crippen LogP contribution in [0.2, 0.25) is 0 Å². The molecule has 5 heteroatoms. The van der Waals surface area contributed by atoms with Crippen molar-refractivity contribution in [2.45, 2.75) is 18.9 Å². The maximum atomic E-state index is 9.84. The van der Waals surface area contributed by atoms with Crippen molar-refractivity contribution in [1.29, 1.82) is 0 Å². The summed E-state index contributed by atoms with van der Waals surface area (Å²) in [5, 5.41) is 9.84. The minimum absolute atomic E-state index is 0. The fourth-order valence-corrected chi connectivity index (χ4v) is 0.378. The molecule has 1 unspecified atom stereocenters. The van der Waals surface area contributed by atoms with Crippen LogP contribution in [-0.2, 0) is 9.53 Å². The number of alkyl halides is 1. The number of ether oxygens (including phenoxy) is 1. The van der Waals surface area contributed by atoms with Crippen LogP contribution in [0.15, 0.2) is 0 Å². The Hall–Kier alpha value is 0.720. The average molecular weight is 175 g/mol. The summed E-state index contributed by atoms with van der Waals surface area (Å²) in [4.78, 5) is 9.84. The molecule has 0 bridgehead atoms. The summed E-state index contributed by atoms with van der Waals surface area (Å²) in [6.45, 7) is 2.21. The van der Waals surface area contributed by atoms with Crippen LogP contribution < -0.4 is 34.7 Å². The van der Waals surface area contributed by atoms with Gasteiger partial charge < -0.3 is 14.6 Å². The number of rotatable bonds is 4. The van der Waals surface area contributed by atoms with E-state index in [2.05, 4.69) is 4.74 Å². The molecular formula is C5H8ClNaO3. The van der Waals surface area contributed by atoms with Crippen LogP contribution in [0.25, 0.3) is 0 Å². The van der Waals surface area contributed by atoms with Gasteiger partial charge in [0.2, 0.25) is 0 Å². The smallest absolute Gasteiger partial charge is 0.546 e. The maximum absolute atomic E-state index is 9.84. The largest absolute Gasteiger partial charge is 1.00 e. The third-order valence-electron chi connectivity index (χ3n) is 0.654. The number of carbonyl (C=O) groups is 1. The van der Waals surface area contributed by atoms with Crippen LogP contribution in [0.1, 0.15) is 13.3 Å². The van der Waals surface area contributed by atoms with Crippen molar-refractivity contribution in [2.75, 3.05) is 6.61 Å². The molecule has 0 aliphatic carbocycles. The van der Waals surface area contributed by atoms with Crippen LogP contribution in [0.4, 0.5) is 0 Å². The first-order valence-electron chi connectivity index (χ1n) is 2.65. The van der Waals surface area contributed by atoms with Crippen molar-refractivity contribution in [3.8, 4) is 0 Å². The van der Waals surface area contributed by atoms with Crippen LogP contribution >= 0.6 is 11.6 Å². The number of halogens is 1. The standard InChI is InChI=1S/C5H9ClO3.Na/c1-2-3-9-4(6)5(7)8;/h4H,2-3H2,1H3,(H,7,8);/q;+1/p-1. The van der Waals surface area contributed by atoms with Gasteiger partial charge in [0.1, 0.15) is 0 Å². The summed E-state index contributed by atoms with van der Waals surface area (Å²) in [6, 6.07) is 0. The van der Waals surface area contributed by atoms with Crippen LogP contribution in [0, 0.1) is 0 Å². The Morgan fingerprint density at radius 1 is 1.80 bits per heavy atom. The molecule has 3 nitrogen and oxygen atoms in total. The zero-order valence-corrected chi connectivity index (χ0v) is 8.85. The first-order chi connectivity index (χ1) is 4.18. The Morgan fingerprint density at radius 2 is 2.30 bits per heavy atom. The van der Waals surface area contributed by atoms with Gasteiger partial charge in [-0.2, -0.15) is 0 Å². The second-order valence-electron chi connectivity index (χ2n) is 1.51. The van der Waals surface area contributed by atoms with E-state index in [4.69, 9.17) is 11.6 Å². The molecule has 0 N–H and O–H groups in total. The summed E-state index contributed by atoms with van der Waals surface area (Å²) >= 11 is 5.11. The van der Waals surface area contributed by atoms with Gasteiger partial charge in [-0.25, -0.2) is 0 Å². The minimum atomic E-state index is -1.38. The number of hydrogen-bond donors (Lipinski definition) is 0. The van der Waals surface area contributed by atoms with Gasteiger partial charge in [-0.15, -0.1) is 0 Å². The van der Waals surface area contributed by atoms with Crippen LogP contribution in [0.5, 0.6) is 0 Å². The second-order valence-corrected chi connectivity index (χ2v) is 1.90. The molecule has 0 aromatic rings. The molecule has 0 aliphatic rings. The van der Waals surface area contributed by atoms with Gasteiger partial charge in [-0.1, -0.05) is 18.5 Å². The van der Waals surface area contributed by atoms with E-state index in [1.165, 1.54) is 0 Å². The molecule has 0 fully saturated rings. The molecular weight excluding hydrogens is 166 g/mol. The number of hydrogen-bond acceptors (Lipinski definition) is 3. The third-order valence-corrected chi connectivity index (χ3v) is 0.958. The molecule has 0 aromatic carbocycles. The van der Waals surface area contributed by atoms with Crippen molar-refractivity contribution in [3.63, 3.8) is 0 Å². The predicted octanol–water partition coefficient (Wildman–Crippen LogP) is -3.27. The third kappa shape index (κ3) is 6.83. The van der Waals surface area contributed by atoms with Crippen molar-refractivity contribution < 1.29 is 44.2 Å². The van der Waals surface area contributed by atoms with Crippen molar-refractivity contribution >= 4 is 17.6 Å². The Balaban J connectivity index is 0. The van der Waals surface area contributed by atoms with E-state index in [-0.39, 0.29) is 29.6 Å². The normalized spacial score (nSPS) is 11.8. The summed E-state index contributed by atoms with van der Waals surface area (Å²) < 4.78 is 4.56. The van der Waals surface area contributed by atoms with E-state index in [1.807, 2.05) is 6.92 Å². The molecule has 0 aliphatic heterocycles. The van der Waals surface area contributed by atoms with Gasteiger partial charge in [-0.05, 0) is 6.42 Å².